The fraction of sp³-hybridized carbons (Fsp3) is 0.375. The second-order valence-electron chi connectivity index (χ2n) is 13.0. The second-order valence-corrected chi connectivity index (χ2v) is 13.0. The first kappa shape index (κ1) is 46.2. The number of carbonyl (C=O) groups excluding carboxylic acids is 1. The van der Waals surface area contributed by atoms with Crippen molar-refractivity contribution in [3.05, 3.63) is 141 Å². The van der Waals surface area contributed by atoms with Gasteiger partial charge in [-0.05, 0) is 115 Å². The van der Waals surface area contributed by atoms with Crippen LogP contribution in [-0.4, -0.2) is 19.4 Å². The lowest BCUT2D eigenvalue weighted by Gasteiger charge is -2.10. The highest BCUT2D eigenvalue weighted by Crippen LogP contribution is 2.31. The average Bonchev–Trinajstić information content (AvgIpc) is 3.03. The van der Waals surface area contributed by atoms with E-state index in [1.54, 1.807) is 0 Å². The van der Waals surface area contributed by atoms with Crippen LogP contribution in [0, 0.1) is 23.5 Å². The maximum Gasteiger partial charge on any atom is 0.416 e. The van der Waals surface area contributed by atoms with Crippen LogP contribution in [0.25, 0.3) is 0 Å². The molecule has 0 aliphatic carbocycles. The molecule has 0 unspecified atom stereocenters. The first-order valence-electron chi connectivity index (χ1n) is 16.7. The molecule has 286 valence electrons. The van der Waals surface area contributed by atoms with Gasteiger partial charge >= 0.3 is 12.4 Å². The van der Waals surface area contributed by atoms with Crippen molar-refractivity contribution in [1.82, 2.24) is 5.32 Å². The van der Waals surface area contributed by atoms with Gasteiger partial charge in [0.05, 0.1) is 11.1 Å². The number of nitrogens with two attached hydrogens (primary N) is 1. The number of hydrogen-bond acceptors (Lipinski definition) is 3. The summed E-state index contributed by atoms with van der Waals surface area (Å²) in [6, 6.07) is 21.2. The summed E-state index contributed by atoms with van der Waals surface area (Å²) in [5.74, 6) is -0.460. The summed E-state index contributed by atoms with van der Waals surface area (Å²) in [5, 5.41) is 3.18. The second kappa shape index (κ2) is 22.3. The van der Waals surface area contributed by atoms with Gasteiger partial charge in [0.1, 0.15) is 17.9 Å². The first-order valence-corrected chi connectivity index (χ1v) is 16.7. The Hall–Kier alpha value is -3.80. The molecule has 12 heteroatoms. The van der Waals surface area contributed by atoms with Gasteiger partial charge in [-0.3, -0.25) is 4.79 Å². The summed E-state index contributed by atoms with van der Waals surface area (Å²) in [5.41, 5.74) is 8.31. The van der Waals surface area contributed by atoms with Gasteiger partial charge in [0, 0.05) is 12.1 Å². The Morgan fingerprint density at radius 2 is 1.02 bits per heavy atom. The van der Waals surface area contributed by atoms with Crippen LogP contribution < -0.4 is 11.1 Å². The van der Waals surface area contributed by atoms with Crippen LogP contribution in [0.1, 0.15) is 77.0 Å². The van der Waals surface area contributed by atoms with Crippen LogP contribution in [0.5, 0.6) is 0 Å². The number of halogens is 9. The lowest BCUT2D eigenvalue weighted by molar-refractivity contribution is -0.138. The molecule has 0 radical (unpaired) electrons. The lowest BCUT2D eigenvalue weighted by Crippen LogP contribution is -2.17. The van der Waals surface area contributed by atoms with Crippen molar-refractivity contribution < 1.29 is 39.9 Å². The maximum absolute atomic E-state index is 13.3. The summed E-state index contributed by atoms with van der Waals surface area (Å²) >= 11 is 0. The molecule has 3 N–H and O–H groups in total. The normalized spacial score (nSPS) is 11.3. The number of rotatable bonds is 12. The van der Waals surface area contributed by atoms with E-state index in [-0.39, 0.29) is 30.9 Å². The van der Waals surface area contributed by atoms with Crippen molar-refractivity contribution >= 4 is 18.7 Å². The van der Waals surface area contributed by atoms with Crippen molar-refractivity contribution in [3.8, 4) is 0 Å². The molecule has 0 heterocycles. The minimum Gasteiger partial charge on any atom is -0.330 e. The summed E-state index contributed by atoms with van der Waals surface area (Å²) < 4.78 is 101. The maximum atomic E-state index is 13.3. The van der Waals surface area contributed by atoms with E-state index in [1.165, 1.54) is 11.1 Å². The van der Waals surface area contributed by atoms with Gasteiger partial charge in [-0.1, -0.05) is 76.2 Å². The number of alkyl halides is 6. The van der Waals surface area contributed by atoms with Gasteiger partial charge in [-0.15, -0.1) is 12.4 Å². The van der Waals surface area contributed by atoms with Gasteiger partial charge in [-0.25, -0.2) is 8.78 Å². The molecule has 0 spiro atoms. The van der Waals surface area contributed by atoms with Gasteiger partial charge in [0.2, 0.25) is 0 Å². The third-order valence-electron chi connectivity index (χ3n) is 7.35. The highest BCUT2D eigenvalue weighted by Gasteiger charge is 2.32. The van der Waals surface area contributed by atoms with E-state index < -0.39 is 35.1 Å². The van der Waals surface area contributed by atoms with Gasteiger partial charge < -0.3 is 11.1 Å². The van der Waals surface area contributed by atoms with E-state index in [2.05, 4.69) is 57.3 Å². The topological polar surface area (TPSA) is 55.1 Å². The Bertz CT molecular complexity index is 1620. The van der Waals surface area contributed by atoms with Gasteiger partial charge in [-0.2, -0.15) is 26.3 Å². The molecular weight excluding hydrogens is 712 g/mol. The number of hydrogen-bond donors (Lipinski definition) is 2. The quantitative estimate of drug-likeness (QED) is 0.0859. The van der Waals surface area contributed by atoms with Crippen LogP contribution in [0.4, 0.5) is 35.1 Å². The molecule has 4 aromatic rings. The molecule has 0 saturated heterocycles. The Labute approximate surface area is 307 Å². The smallest absolute Gasteiger partial charge is 0.330 e. The number of carbonyl (C=O) groups is 1. The average molecular weight is 759 g/mol. The minimum absolute atomic E-state index is 0. The van der Waals surface area contributed by atoms with Crippen LogP contribution >= 0.6 is 12.4 Å². The molecule has 0 atom stereocenters. The zero-order valence-corrected chi connectivity index (χ0v) is 30.5. The third-order valence-corrected chi connectivity index (χ3v) is 7.35. The predicted molar refractivity (Wildman–Crippen MR) is 194 cm³/mol. The highest BCUT2D eigenvalue weighted by molar-refractivity contribution is 5.85. The number of aldehydes is 1. The van der Waals surface area contributed by atoms with E-state index in [0.29, 0.717) is 49.0 Å². The summed E-state index contributed by atoms with van der Waals surface area (Å²) in [6.07, 6.45) is -5.46. The predicted octanol–water partition coefficient (Wildman–Crippen LogP) is 10.8. The van der Waals surface area contributed by atoms with Gasteiger partial charge in [0.15, 0.2) is 0 Å². The summed E-state index contributed by atoms with van der Waals surface area (Å²) in [6.45, 7) is 10.0. The van der Waals surface area contributed by atoms with Crippen LogP contribution in [-0.2, 0) is 44.6 Å². The zero-order valence-electron chi connectivity index (χ0n) is 29.7. The van der Waals surface area contributed by atoms with E-state index in [4.69, 9.17) is 5.73 Å². The fourth-order valence-corrected chi connectivity index (χ4v) is 5.02. The zero-order chi connectivity index (χ0) is 38.2. The Morgan fingerprint density at radius 1 is 0.615 bits per heavy atom. The van der Waals surface area contributed by atoms with Crippen LogP contribution in [0.15, 0.2) is 84.9 Å². The van der Waals surface area contributed by atoms with Crippen molar-refractivity contribution in [3.63, 3.8) is 0 Å². The van der Waals surface area contributed by atoms with E-state index in [9.17, 15) is 39.9 Å². The molecule has 0 aliphatic heterocycles. The van der Waals surface area contributed by atoms with Crippen LogP contribution in [0.2, 0.25) is 0 Å². The van der Waals surface area contributed by atoms with E-state index in [1.807, 2.05) is 24.3 Å². The molecule has 0 saturated carbocycles. The monoisotopic (exact) mass is 758 g/mol. The van der Waals surface area contributed by atoms with Crippen molar-refractivity contribution in [1.29, 1.82) is 0 Å². The molecule has 0 fully saturated rings. The largest absolute Gasteiger partial charge is 0.416 e. The molecule has 4 aromatic carbocycles. The number of nitrogens with one attached hydrogen (secondary N) is 1. The Morgan fingerprint density at radius 3 is 1.40 bits per heavy atom. The molecule has 0 aromatic heterocycles. The molecular formula is C40H47ClF8N2O. The molecule has 0 bridgehead atoms. The number of benzene rings is 4. The molecule has 0 amide bonds. The fourth-order valence-electron chi connectivity index (χ4n) is 5.02. The lowest BCUT2D eigenvalue weighted by atomic mass is 10.0. The standard InChI is InChI=1S/C20H23F4N.C11H14O.C9H9F4N.ClH/c1-14(2)9-15-3-5-16(6-4-15)13-25-8-7-17-10-18(20(22,23)24)12-19(21)11-17;1-9(2)7-10-3-5-11(8-12)6-4-10;10-8-4-6(1-2-14)3-7(5-8)9(11,12)13;/h3-6,10-12,14,25H,7-9,13H2,1-2H3;3-6,8-9H,7H2,1-2H3;3-5H,1-2,14H2;1H. The molecule has 0 aliphatic rings. The third kappa shape index (κ3) is 18.1. The summed E-state index contributed by atoms with van der Waals surface area (Å²) in [4.78, 5) is 10.3. The molecule has 4 rings (SSSR count). The minimum atomic E-state index is -4.53. The Balaban J connectivity index is 0.000000424. The van der Waals surface area contributed by atoms with Crippen molar-refractivity contribution in [2.75, 3.05) is 13.1 Å². The van der Waals surface area contributed by atoms with Gasteiger partial charge in [0.25, 0.3) is 0 Å². The van der Waals surface area contributed by atoms with E-state index in [0.717, 1.165) is 54.5 Å². The first-order chi connectivity index (χ1) is 23.9. The SMILES string of the molecule is CC(C)Cc1ccc(C=O)cc1.CC(C)Cc1ccc(CNCCc2cc(F)cc(C(F)(F)F)c2)cc1.Cl.NCCc1cc(F)cc(C(F)(F)F)c1. The Kier molecular flexibility index (Phi) is 19.8. The van der Waals surface area contributed by atoms with Crippen molar-refractivity contribution in [2.24, 2.45) is 17.6 Å². The molecule has 3 nitrogen and oxygen atoms in total. The highest BCUT2D eigenvalue weighted by atomic mass is 35.5. The van der Waals surface area contributed by atoms with E-state index >= 15 is 0 Å². The van der Waals surface area contributed by atoms with Crippen LogP contribution in [0.3, 0.4) is 0 Å². The molecule has 52 heavy (non-hydrogen) atoms. The van der Waals surface area contributed by atoms with Crippen molar-refractivity contribution in [2.45, 2.75) is 72.3 Å². The summed E-state index contributed by atoms with van der Waals surface area (Å²) in [7, 11) is 0.